The zero-order valence-corrected chi connectivity index (χ0v) is 11.1. The average molecular weight is 231 g/mol. The van der Waals surface area contributed by atoms with E-state index in [1.54, 1.807) is 7.11 Å². The monoisotopic (exact) mass is 231 g/mol. The van der Waals surface area contributed by atoms with Gasteiger partial charge in [-0.3, -0.25) is 10.1 Å². The smallest absolute Gasteiger partial charge is 0.322 e. The van der Waals surface area contributed by atoms with Crippen molar-refractivity contribution in [3.8, 4) is 0 Å². The molecule has 1 unspecified atom stereocenters. The fourth-order valence-corrected chi connectivity index (χ4v) is 1.67. The largest absolute Gasteiger partial charge is 0.468 e. The highest BCUT2D eigenvalue weighted by Crippen LogP contribution is 2.09. The minimum Gasteiger partial charge on any atom is -0.468 e. The first-order valence-corrected chi connectivity index (χ1v) is 5.81. The highest BCUT2D eigenvalue weighted by Gasteiger charge is 2.26. The molecule has 0 aliphatic heterocycles. The lowest BCUT2D eigenvalue weighted by Crippen LogP contribution is -2.52. The molecule has 0 bridgehead atoms. The number of carbonyl (C=O) groups is 1. The second-order valence-corrected chi connectivity index (χ2v) is 4.68. The minimum absolute atomic E-state index is 0.197. The molecule has 0 aromatic heterocycles. The normalized spacial score (nSPS) is 13.6. The van der Waals surface area contributed by atoms with E-state index in [2.05, 4.69) is 12.2 Å². The van der Waals surface area contributed by atoms with Gasteiger partial charge in [-0.05, 0) is 20.3 Å². The van der Waals surface area contributed by atoms with E-state index >= 15 is 0 Å². The van der Waals surface area contributed by atoms with E-state index in [9.17, 15) is 4.79 Å². The third kappa shape index (κ3) is 6.08. The van der Waals surface area contributed by atoms with Crippen LogP contribution in [0, 0.1) is 0 Å². The van der Waals surface area contributed by atoms with Gasteiger partial charge in [-0.25, -0.2) is 0 Å². The van der Waals surface area contributed by atoms with Crippen LogP contribution in [0.25, 0.3) is 0 Å². The number of unbranched alkanes of at least 4 members (excludes halogenated alkanes) is 1. The van der Waals surface area contributed by atoms with E-state index in [4.69, 9.17) is 9.47 Å². The topological polar surface area (TPSA) is 47.6 Å². The van der Waals surface area contributed by atoms with Crippen molar-refractivity contribution in [3.63, 3.8) is 0 Å². The number of hydrogen-bond donors (Lipinski definition) is 1. The summed E-state index contributed by atoms with van der Waals surface area (Å²) in [6.45, 7) is 6.69. The maximum absolute atomic E-state index is 11.6. The summed E-state index contributed by atoms with van der Waals surface area (Å²) in [5.41, 5.74) is -0.221. The van der Waals surface area contributed by atoms with Crippen LogP contribution in [-0.2, 0) is 14.3 Å². The van der Waals surface area contributed by atoms with Gasteiger partial charge in [0.15, 0.2) is 0 Å². The minimum atomic E-state index is -0.241. The summed E-state index contributed by atoms with van der Waals surface area (Å²) >= 11 is 0. The molecule has 1 N–H and O–H groups in total. The standard InChI is InChI=1S/C12H25NO3/c1-6-7-8-10(11(14)16-5)13-12(2,3)9-15-4/h10,13H,6-9H2,1-5H3. The van der Waals surface area contributed by atoms with Gasteiger partial charge in [-0.1, -0.05) is 19.8 Å². The van der Waals surface area contributed by atoms with Gasteiger partial charge in [-0.2, -0.15) is 0 Å². The van der Waals surface area contributed by atoms with Gasteiger partial charge in [0, 0.05) is 12.6 Å². The lowest BCUT2D eigenvalue weighted by molar-refractivity contribution is -0.144. The third-order valence-corrected chi connectivity index (χ3v) is 2.40. The predicted molar refractivity (Wildman–Crippen MR) is 64.4 cm³/mol. The van der Waals surface area contributed by atoms with E-state index in [1.807, 2.05) is 13.8 Å². The Balaban J connectivity index is 4.34. The van der Waals surface area contributed by atoms with E-state index in [0.717, 1.165) is 19.3 Å². The first kappa shape index (κ1) is 15.4. The van der Waals surface area contributed by atoms with E-state index in [1.165, 1.54) is 7.11 Å². The number of esters is 1. The molecule has 0 aromatic rings. The SMILES string of the molecule is CCCCC(NC(C)(C)COC)C(=O)OC. The Kier molecular flexibility index (Phi) is 7.34. The number of hydrogen-bond acceptors (Lipinski definition) is 4. The maximum atomic E-state index is 11.6. The molecule has 96 valence electrons. The van der Waals surface area contributed by atoms with Crippen LogP contribution in [0.3, 0.4) is 0 Å². The molecule has 0 saturated carbocycles. The molecule has 0 heterocycles. The quantitative estimate of drug-likeness (QED) is 0.646. The van der Waals surface area contributed by atoms with Crippen LogP contribution in [-0.4, -0.2) is 38.4 Å². The van der Waals surface area contributed by atoms with Crippen LogP contribution >= 0.6 is 0 Å². The molecule has 4 nitrogen and oxygen atoms in total. The Morgan fingerprint density at radius 2 is 2.00 bits per heavy atom. The van der Waals surface area contributed by atoms with Gasteiger partial charge < -0.3 is 9.47 Å². The molecule has 0 aliphatic carbocycles. The molecule has 0 rings (SSSR count). The Morgan fingerprint density at radius 1 is 1.38 bits per heavy atom. The van der Waals surface area contributed by atoms with Crippen LogP contribution in [0.15, 0.2) is 0 Å². The summed E-state index contributed by atoms with van der Waals surface area (Å²) in [5, 5.41) is 3.28. The summed E-state index contributed by atoms with van der Waals surface area (Å²) < 4.78 is 9.90. The van der Waals surface area contributed by atoms with Crippen LogP contribution in [0.1, 0.15) is 40.0 Å². The Morgan fingerprint density at radius 3 is 2.44 bits per heavy atom. The summed E-state index contributed by atoms with van der Waals surface area (Å²) in [7, 11) is 3.08. The third-order valence-electron chi connectivity index (χ3n) is 2.40. The van der Waals surface area contributed by atoms with Crippen molar-refractivity contribution in [3.05, 3.63) is 0 Å². The highest BCUT2D eigenvalue weighted by molar-refractivity contribution is 5.75. The molecular formula is C12H25NO3. The first-order valence-electron chi connectivity index (χ1n) is 5.81. The van der Waals surface area contributed by atoms with Crippen molar-refractivity contribution in [2.75, 3.05) is 20.8 Å². The molecule has 0 radical (unpaired) electrons. The van der Waals surface area contributed by atoms with Crippen molar-refractivity contribution in [1.82, 2.24) is 5.32 Å². The summed E-state index contributed by atoms with van der Waals surface area (Å²) in [5.74, 6) is -0.197. The van der Waals surface area contributed by atoms with Crippen LogP contribution < -0.4 is 5.32 Å². The summed E-state index contributed by atoms with van der Waals surface area (Å²) in [6.07, 6.45) is 2.88. The van der Waals surface area contributed by atoms with Crippen molar-refractivity contribution >= 4 is 5.97 Å². The fourth-order valence-electron chi connectivity index (χ4n) is 1.67. The average Bonchev–Trinajstić information content (AvgIpc) is 2.22. The number of carbonyl (C=O) groups excluding carboxylic acids is 1. The maximum Gasteiger partial charge on any atom is 0.322 e. The molecule has 0 aromatic carbocycles. The zero-order chi connectivity index (χ0) is 12.6. The molecule has 16 heavy (non-hydrogen) atoms. The van der Waals surface area contributed by atoms with Crippen molar-refractivity contribution < 1.29 is 14.3 Å². The highest BCUT2D eigenvalue weighted by atomic mass is 16.5. The fraction of sp³-hybridized carbons (Fsp3) is 0.917. The number of methoxy groups -OCH3 is 2. The number of nitrogens with one attached hydrogen (secondary N) is 1. The second kappa shape index (κ2) is 7.63. The van der Waals surface area contributed by atoms with E-state index in [-0.39, 0.29) is 17.6 Å². The predicted octanol–water partition coefficient (Wildman–Crippen LogP) is 1.73. The molecular weight excluding hydrogens is 206 g/mol. The Hall–Kier alpha value is -0.610. The number of ether oxygens (including phenoxy) is 2. The van der Waals surface area contributed by atoms with Gasteiger partial charge in [0.1, 0.15) is 6.04 Å². The van der Waals surface area contributed by atoms with Crippen molar-refractivity contribution in [1.29, 1.82) is 0 Å². The summed E-state index contributed by atoms with van der Waals surface area (Å²) in [4.78, 5) is 11.6. The molecule has 0 amide bonds. The summed E-state index contributed by atoms with van der Waals surface area (Å²) in [6, 6.07) is -0.241. The second-order valence-electron chi connectivity index (χ2n) is 4.68. The van der Waals surface area contributed by atoms with Gasteiger partial charge in [0.25, 0.3) is 0 Å². The van der Waals surface area contributed by atoms with E-state index in [0.29, 0.717) is 6.61 Å². The van der Waals surface area contributed by atoms with Gasteiger partial charge in [0.2, 0.25) is 0 Å². The van der Waals surface area contributed by atoms with Gasteiger partial charge in [-0.15, -0.1) is 0 Å². The lowest BCUT2D eigenvalue weighted by atomic mass is 10.0. The molecule has 0 spiro atoms. The molecule has 0 saturated heterocycles. The van der Waals surface area contributed by atoms with Crippen LogP contribution in [0.2, 0.25) is 0 Å². The van der Waals surface area contributed by atoms with E-state index < -0.39 is 0 Å². The first-order chi connectivity index (χ1) is 7.46. The molecule has 0 fully saturated rings. The van der Waals surface area contributed by atoms with Gasteiger partial charge >= 0.3 is 5.97 Å². The Labute approximate surface area is 98.7 Å². The Bertz CT molecular complexity index is 204. The molecule has 4 heteroatoms. The van der Waals surface area contributed by atoms with Gasteiger partial charge in [0.05, 0.1) is 13.7 Å². The molecule has 1 atom stereocenters. The van der Waals surface area contributed by atoms with Crippen LogP contribution in [0.5, 0.6) is 0 Å². The lowest BCUT2D eigenvalue weighted by Gasteiger charge is -2.30. The van der Waals surface area contributed by atoms with Crippen LogP contribution in [0.4, 0.5) is 0 Å². The zero-order valence-electron chi connectivity index (χ0n) is 11.1. The number of rotatable bonds is 8. The van der Waals surface area contributed by atoms with Crippen molar-refractivity contribution in [2.24, 2.45) is 0 Å². The van der Waals surface area contributed by atoms with Crippen molar-refractivity contribution in [2.45, 2.75) is 51.6 Å². The molecule has 0 aliphatic rings.